The molecule has 0 bridgehead atoms. The number of hydrogen-bond donors (Lipinski definition) is 1. The van der Waals surface area contributed by atoms with Gasteiger partial charge in [-0.1, -0.05) is 6.07 Å². The molecule has 114 valence electrons. The van der Waals surface area contributed by atoms with Crippen LogP contribution in [0.3, 0.4) is 0 Å². The van der Waals surface area contributed by atoms with Gasteiger partial charge in [0.2, 0.25) is 0 Å². The van der Waals surface area contributed by atoms with E-state index in [0.29, 0.717) is 24.6 Å². The first kappa shape index (κ1) is 15.4. The maximum absolute atomic E-state index is 12.5. The first-order valence-corrected chi connectivity index (χ1v) is 7.36. The predicted octanol–water partition coefficient (Wildman–Crippen LogP) is 2.06. The van der Waals surface area contributed by atoms with Crippen molar-refractivity contribution in [1.82, 2.24) is 10.2 Å². The van der Waals surface area contributed by atoms with Gasteiger partial charge in [0, 0.05) is 30.8 Å². The van der Waals surface area contributed by atoms with Crippen LogP contribution in [-0.4, -0.2) is 41.9 Å². The molecular formula is C15H21N3O3. The topological polar surface area (TPSA) is 75.5 Å². The highest BCUT2D eigenvalue weighted by Gasteiger charge is 2.21. The minimum absolute atomic E-state index is 0.0452. The molecule has 0 aromatic heterocycles. The fourth-order valence-corrected chi connectivity index (χ4v) is 2.68. The maximum Gasteiger partial charge on any atom is 0.270 e. The van der Waals surface area contributed by atoms with Gasteiger partial charge in [0.1, 0.15) is 0 Å². The summed E-state index contributed by atoms with van der Waals surface area (Å²) >= 11 is 0. The second-order valence-electron chi connectivity index (χ2n) is 5.36. The number of nitrogens with zero attached hydrogens (tertiary/aromatic N) is 2. The molecule has 1 fully saturated rings. The molecule has 1 atom stereocenters. The standard InChI is InChI=1S/C15H21N3O3/c1-2-17(11-12-5-4-8-16-10-12)15(19)13-6-3-7-14(9-13)18(20)21/h3,6-7,9,12,16H,2,4-5,8,10-11H2,1H3. The number of nitro benzene ring substituents is 1. The number of non-ortho nitro benzene ring substituents is 1. The lowest BCUT2D eigenvalue weighted by atomic mass is 9.98. The van der Waals surface area contributed by atoms with Crippen LogP contribution in [0.5, 0.6) is 0 Å². The number of amides is 1. The van der Waals surface area contributed by atoms with Crippen LogP contribution in [0.4, 0.5) is 5.69 Å². The van der Waals surface area contributed by atoms with Gasteiger partial charge in [-0.15, -0.1) is 0 Å². The summed E-state index contributed by atoms with van der Waals surface area (Å²) in [5.74, 6) is 0.327. The van der Waals surface area contributed by atoms with Crippen LogP contribution in [-0.2, 0) is 0 Å². The molecule has 0 aliphatic carbocycles. The maximum atomic E-state index is 12.5. The Kier molecular flexibility index (Phi) is 5.27. The molecule has 1 amide bonds. The van der Waals surface area contributed by atoms with Gasteiger partial charge in [-0.3, -0.25) is 14.9 Å². The quantitative estimate of drug-likeness (QED) is 0.665. The minimum atomic E-state index is -0.474. The Balaban J connectivity index is 2.08. The van der Waals surface area contributed by atoms with E-state index in [2.05, 4.69) is 5.32 Å². The summed E-state index contributed by atoms with van der Waals surface area (Å²) in [6.45, 7) is 5.22. The molecule has 21 heavy (non-hydrogen) atoms. The molecular weight excluding hydrogens is 270 g/mol. The number of nitrogens with one attached hydrogen (secondary N) is 1. The van der Waals surface area contributed by atoms with Crippen molar-refractivity contribution in [3.05, 3.63) is 39.9 Å². The molecule has 1 N–H and O–H groups in total. The van der Waals surface area contributed by atoms with Gasteiger partial charge in [-0.2, -0.15) is 0 Å². The van der Waals surface area contributed by atoms with Crippen molar-refractivity contribution in [1.29, 1.82) is 0 Å². The van der Waals surface area contributed by atoms with Crippen LogP contribution in [0.15, 0.2) is 24.3 Å². The molecule has 1 aromatic carbocycles. The molecule has 0 saturated carbocycles. The van der Waals surface area contributed by atoms with Crippen LogP contribution in [0.1, 0.15) is 30.1 Å². The van der Waals surface area contributed by atoms with E-state index in [1.54, 1.807) is 17.0 Å². The van der Waals surface area contributed by atoms with Crippen molar-refractivity contribution in [2.45, 2.75) is 19.8 Å². The third kappa shape index (κ3) is 4.01. The van der Waals surface area contributed by atoms with Gasteiger partial charge >= 0.3 is 0 Å². The van der Waals surface area contributed by atoms with Crippen molar-refractivity contribution < 1.29 is 9.72 Å². The van der Waals surface area contributed by atoms with E-state index < -0.39 is 4.92 Å². The second kappa shape index (κ2) is 7.17. The zero-order valence-electron chi connectivity index (χ0n) is 12.2. The Hall–Kier alpha value is -1.95. The SMILES string of the molecule is CCN(CC1CCCNC1)C(=O)c1cccc([N+](=O)[O-])c1. The van der Waals surface area contributed by atoms with Crippen molar-refractivity contribution in [3.8, 4) is 0 Å². The average Bonchev–Trinajstić information content (AvgIpc) is 2.53. The van der Waals surface area contributed by atoms with Gasteiger partial charge < -0.3 is 10.2 Å². The summed E-state index contributed by atoms with van der Waals surface area (Å²) in [4.78, 5) is 24.6. The van der Waals surface area contributed by atoms with Gasteiger partial charge in [0.15, 0.2) is 0 Å². The Morgan fingerprint density at radius 2 is 2.33 bits per heavy atom. The Labute approximate surface area is 124 Å². The summed E-state index contributed by atoms with van der Waals surface area (Å²) in [5.41, 5.74) is 0.339. The van der Waals surface area contributed by atoms with E-state index in [9.17, 15) is 14.9 Å². The van der Waals surface area contributed by atoms with Crippen molar-refractivity contribution in [2.24, 2.45) is 5.92 Å². The third-order valence-electron chi connectivity index (χ3n) is 3.85. The second-order valence-corrected chi connectivity index (χ2v) is 5.36. The van der Waals surface area contributed by atoms with E-state index in [-0.39, 0.29) is 11.6 Å². The number of carbonyl (C=O) groups is 1. The number of carbonyl (C=O) groups excluding carboxylic acids is 1. The van der Waals surface area contributed by atoms with E-state index in [1.165, 1.54) is 12.1 Å². The van der Waals surface area contributed by atoms with Crippen LogP contribution in [0.25, 0.3) is 0 Å². The molecule has 1 aliphatic heterocycles. The molecule has 1 unspecified atom stereocenters. The Bertz CT molecular complexity index is 513. The molecule has 0 spiro atoms. The molecule has 1 saturated heterocycles. The number of nitro groups is 1. The summed E-state index contributed by atoms with van der Waals surface area (Å²) in [6.07, 6.45) is 2.25. The van der Waals surface area contributed by atoms with Gasteiger partial charge in [0.05, 0.1) is 4.92 Å². The highest BCUT2D eigenvalue weighted by molar-refractivity contribution is 5.94. The molecule has 1 heterocycles. The normalized spacial score (nSPS) is 18.2. The first-order valence-electron chi connectivity index (χ1n) is 7.36. The lowest BCUT2D eigenvalue weighted by molar-refractivity contribution is -0.384. The molecule has 6 nitrogen and oxygen atoms in total. The van der Waals surface area contributed by atoms with E-state index in [1.807, 2.05) is 6.92 Å². The van der Waals surface area contributed by atoms with Crippen molar-refractivity contribution in [2.75, 3.05) is 26.2 Å². The zero-order valence-corrected chi connectivity index (χ0v) is 12.2. The largest absolute Gasteiger partial charge is 0.339 e. The number of hydrogen-bond acceptors (Lipinski definition) is 4. The van der Waals surface area contributed by atoms with Crippen LogP contribution in [0, 0.1) is 16.0 Å². The van der Waals surface area contributed by atoms with E-state index >= 15 is 0 Å². The van der Waals surface area contributed by atoms with Crippen LogP contribution in [0.2, 0.25) is 0 Å². The molecule has 0 radical (unpaired) electrons. The van der Waals surface area contributed by atoms with Gasteiger partial charge in [-0.25, -0.2) is 0 Å². The number of benzene rings is 1. The number of rotatable bonds is 5. The molecule has 1 aliphatic rings. The lowest BCUT2D eigenvalue weighted by Gasteiger charge is -2.29. The van der Waals surface area contributed by atoms with E-state index in [4.69, 9.17) is 0 Å². The van der Waals surface area contributed by atoms with Crippen molar-refractivity contribution >= 4 is 11.6 Å². The average molecular weight is 291 g/mol. The fraction of sp³-hybridized carbons (Fsp3) is 0.533. The zero-order chi connectivity index (χ0) is 15.2. The van der Waals surface area contributed by atoms with Crippen LogP contribution < -0.4 is 5.32 Å². The highest BCUT2D eigenvalue weighted by Crippen LogP contribution is 2.17. The smallest absolute Gasteiger partial charge is 0.270 e. The predicted molar refractivity (Wildman–Crippen MR) is 80.3 cm³/mol. The monoisotopic (exact) mass is 291 g/mol. The van der Waals surface area contributed by atoms with E-state index in [0.717, 1.165) is 25.9 Å². The Morgan fingerprint density at radius 1 is 1.52 bits per heavy atom. The third-order valence-corrected chi connectivity index (χ3v) is 3.85. The Morgan fingerprint density at radius 3 is 2.95 bits per heavy atom. The van der Waals surface area contributed by atoms with Crippen LogP contribution >= 0.6 is 0 Å². The first-order chi connectivity index (χ1) is 10.1. The molecule has 2 rings (SSSR count). The lowest BCUT2D eigenvalue weighted by Crippen LogP contribution is -2.41. The number of piperidine rings is 1. The summed E-state index contributed by atoms with van der Waals surface area (Å²) in [5, 5.41) is 14.1. The fourth-order valence-electron chi connectivity index (χ4n) is 2.68. The molecule has 6 heteroatoms. The minimum Gasteiger partial charge on any atom is -0.339 e. The van der Waals surface area contributed by atoms with Gasteiger partial charge in [-0.05, 0) is 44.8 Å². The summed E-state index contributed by atoms with van der Waals surface area (Å²) in [6, 6.07) is 5.95. The summed E-state index contributed by atoms with van der Waals surface area (Å²) in [7, 11) is 0. The summed E-state index contributed by atoms with van der Waals surface area (Å²) < 4.78 is 0. The highest BCUT2D eigenvalue weighted by atomic mass is 16.6. The molecule has 1 aromatic rings. The van der Waals surface area contributed by atoms with Gasteiger partial charge in [0.25, 0.3) is 11.6 Å². The van der Waals surface area contributed by atoms with Crippen molar-refractivity contribution in [3.63, 3.8) is 0 Å².